The summed E-state index contributed by atoms with van der Waals surface area (Å²) in [5, 5.41) is 2.99. The molecule has 2 aromatic rings. The number of carbonyl (C=O) groups is 2. The zero-order valence-corrected chi connectivity index (χ0v) is 16.7. The molecule has 0 radical (unpaired) electrons. The van der Waals surface area contributed by atoms with Gasteiger partial charge in [-0.05, 0) is 38.3 Å². The number of nitrogens with zero attached hydrogens (tertiary/aromatic N) is 1. The number of carbonyl (C=O) groups excluding carboxylic acids is 2. The fourth-order valence-electron chi connectivity index (χ4n) is 2.81. The molecule has 2 rings (SSSR count). The van der Waals surface area contributed by atoms with Gasteiger partial charge in [0, 0.05) is 12.6 Å². The Kier molecular flexibility index (Phi) is 7.59. The van der Waals surface area contributed by atoms with Crippen molar-refractivity contribution in [2.45, 2.75) is 59.2 Å². The predicted octanol–water partition coefficient (Wildman–Crippen LogP) is 3.87. The van der Waals surface area contributed by atoms with Crippen molar-refractivity contribution in [3.05, 3.63) is 71.3 Å². The van der Waals surface area contributed by atoms with E-state index in [-0.39, 0.29) is 24.3 Å². The molecule has 0 heterocycles. The molecule has 0 aliphatic heterocycles. The van der Waals surface area contributed by atoms with Crippen molar-refractivity contribution in [2.24, 2.45) is 0 Å². The van der Waals surface area contributed by atoms with Crippen molar-refractivity contribution in [3.8, 4) is 0 Å². The topological polar surface area (TPSA) is 49.4 Å². The quantitative estimate of drug-likeness (QED) is 0.771. The van der Waals surface area contributed by atoms with E-state index in [2.05, 4.69) is 5.32 Å². The van der Waals surface area contributed by atoms with Gasteiger partial charge in [-0.1, -0.05) is 67.1 Å². The van der Waals surface area contributed by atoms with Crippen LogP contribution in [0.3, 0.4) is 0 Å². The zero-order chi connectivity index (χ0) is 19.8. The highest BCUT2D eigenvalue weighted by Crippen LogP contribution is 2.13. The summed E-state index contributed by atoms with van der Waals surface area (Å²) in [6.45, 7) is 8.25. The fraction of sp³-hybridized carbons (Fsp3) is 0.391. The lowest BCUT2D eigenvalue weighted by Gasteiger charge is -2.30. The first kappa shape index (κ1) is 20.7. The Labute approximate surface area is 162 Å². The van der Waals surface area contributed by atoms with Gasteiger partial charge in [0.1, 0.15) is 6.04 Å². The Morgan fingerprint density at radius 1 is 0.963 bits per heavy atom. The highest BCUT2D eigenvalue weighted by molar-refractivity contribution is 5.88. The van der Waals surface area contributed by atoms with Crippen LogP contribution in [0.15, 0.2) is 54.6 Å². The average molecular weight is 367 g/mol. The fourth-order valence-corrected chi connectivity index (χ4v) is 2.81. The Hall–Kier alpha value is -2.62. The lowest BCUT2D eigenvalue weighted by Crippen LogP contribution is -2.49. The van der Waals surface area contributed by atoms with Crippen LogP contribution in [0.1, 0.15) is 43.9 Å². The monoisotopic (exact) mass is 366 g/mol. The van der Waals surface area contributed by atoms with Gasteiger partial charge in [-0.3, -0.25) is 9.59 Å². The number of nitrogens with one attached hydrogen (secondary N) is 1. The molecule has 0 spiro atoms. The van der Waals surface area contributed by atoms with Gasteiger partial charge in [0.2, 0.25) is 11.8 Å². The van der Waals surface area contributed by atoms with E-state index in [4.69, 9.17) is 0 Å². The second-order valence-corrected chi connectivity index (χ2v) is 7.16. The van der Waals surface area contributed by atoms with Crippen LogP contribution in [-0.2, 0) is 22.6 Å². The summed E-state index contributed by atoms with van der Waals surface area (Å²) >= 11 is 0. The van der Waals surface area contributed by atoms with Gasteiger partial charge < -0.3 is 10.2 Å². The van der Waals surface area contributed by atoms with E-state index >= 15 is 0 Å². The number of aryl methyl sites for hydroxylation is 1. The Morgan fingerprint density at radius 3 is 2.19 bits per heavy atom. The van der Waals surface area contributed by atoms with Crippen LogP contribution in [0, 0.1) is 6.92 Å². The molecule has 0 saturated heterocycles. The van der Waals surface area contributed by atoms with Crippen molar-refractivity contribution in [2.75, 3.05) is 0 Å². The highest BCUT2D eigenvalue weighted by atomic mass is 16.2. The van der Waals surface area contributed by atoms with E-state index in [9.17, 15) is 9.59 Å². The normalized spacial score (nSPS) is 12.9. The van der Waals surface area contributed by atoms with Gasteiger partial charge in [-0.15, -0.1) is 0 Å². The number of hydrogen-bond donors (Lipinski definition) is 1. The Balaban J connectivity index is 2.19. The van der Waals surface area contributed by atoms with Crippen molar-refractivity contribution < 1.29 is 9.59 Å². The summed E-state index contributed by atoms with van der Waals surface area (Å²) in [5.41, 5.74) is 3.14. The molecule has 2 amide bonds. The molecule has 0 aromatic heterocycles. The highest BCUT2D eigenvalue weighted by Gasteiger charge is 2.26. The van der Waals surface area contributed by atoms with Gasteiger partial charge in [-0.25, -0.2) is 0 Å². The van der Waals surface area contributed by atoms with Crippen LogP contribution >= 0.6 is 0 Å². The Bertz CT molecular complexity index is 741. The summed E-state index contributed by atoms with van der Waals surface area (Å²) in [7, 11) is 0. The third-order valence-electron chi connectivity index (χ3n) is 4.84. The largest absolute Gasteiger partial charge is 0.352 e. The first-order chi connectivity index (χ1) is 12.9. The van der Waals surface area contributed by atoms with Crippen LogP contribution in [0.2, 0.25) is 0 Å². The van der Waals surface area contributed by atoms with E-state index in [0.29, 0.717) is 6.54 Å². The summed E-state index contributed by atoms with van der Waals surface area (Å²) in [4.78, 5) is 27.4. The number of amides is 2. The van der Waals surface area contributed by atoms with Gasteiger partial charge in [0.15, 0.2) is 0 Å². The minimum Gasteiger partial charge on any atom is -0.352 e. The molecule has 0 aliphatic rings. The van der Waals surface area contributed by atoms with Crippen LogP contribution in [-0.4, -0.2) is 28.8 Å². The second kappa shape index (κ2) is 9.91. The van der Waals surface area contributed by atoms with Crippen molar-refractivity contribution in [1.29, 1.82) is 0 Å². The molecule has 144 valence electrons. The minimum absolute atomic E-state index is 0.0476. The first-order valence-corrected chi connectivity index (χ1v) is 9.60. The standard InChI is InChI=1S/C23H30N2O2/c1-5-18(3)24-23(27)19(4)25(16-21-13-11-17(2)12-14-21)22(26)15-20-9-7-6-8-10-20/h6-14,18-19H,5,15-16H2,1-4H3,(H,24,27)/t18-,19-/m1/s1. The molecule has 0 bridgehead atoms. The zero-order valence-electron chi connectivity index (χ0n) is 16.7. The van der Waals surface area contributed by atoms with Crippen LogP contribution < -0.4 is 5.32 Å². The van der Waals surface area contributed by atoms with Gasteiger partial charge in [-0.2, -0.15) is 0 Å². The number of rotatable bonds is 8. The molecule has 27 heavy (non-hydrogen) atoms. The average Bonchev–Trinajstić information content (AvgIpc) is 2.67. The minimum atomic E-state index is -0.531. The molecular formula is C23H30N2O2. The summed E-state index contributed by atoms with van der Waals surface area (Å²) < 4.78 is 0. The molecule has 0 fully saturated rings. The maximum Gasteiger partial charge on any atom is 0.242 e. The van der Waals surface area contributed by atoms with Crippen LogP contribution in [0.4, 0.5) is 0 Å². The number of hydrogen-bond acceptors (Lipinski definition) is 2. The maximum absolute atomic E-state index is 13.0. The van der Waals surface area contributed by atoms with Crippen LogP contribution in [0.5, 0.6) is 0 Å². The van der Waals surface area contributed by atoms with E-state index in [1.807, 2.05) is 75.4 Å². The molecular weight excluding hydrogens is 336 g/mol. The lowest BCUT2D eigenvalue weighted by atomic mass is 10.1. The molecule has 2 aromatic carbocycles. The molecule has 4 nitrogen and oxygen atoms in total. The van der Waals surface area contributed by atoms with E-state index in [1.54, 1.807) is 11.8 Å². The lowest BCUT2D eigenvalue weighted by molar-refractivity contribution is -0.140. The second-order valence-electron chi connectivity index (χ2n) is 7.16. The predicted molar refractivity (Wildman–Crippen MR) is 109 cm³/mol. The van der Waals surface area contributed by atoms with Crippen molar-refractivity contribution >= 4 is 11.8 Å². The molecule has 2 atom stereocenters. The maximum atomic E-state index is 13.0. The van der Waals surface area contributed by atoms with E-state index in [1.165, 1.54) is 5.56 Å². The van der Waals surface area contributed by atoms with Crippen molar-refractivity contribution in [3.63, 3.8) is 0 Å². The smallest absolute Gasteiger partial charge is 0.242 e. The summed E-state index contributed by atoms with van der Waals surface area (Å²) in [5.74, 6) is -0.161. The first-order valence-electron chi connectivity index (χ1n) is 9.60. The number of benzene rings is 2. The molecule has 1 N–H and O–H groups in total. The summed E-state index contributed by atoms with van der Waals surface area (Å²) in [6, 6.07) is 17.3. The molecule has 0 unspecified atom stereocenters. The third-order valence-corrected chi connectivity index (χ3v) is 4.84. The summed E-state index contributed by atoms with van der Waals surface area (Å²) in [6.07, 6.45) is 1.14. The van der Waals surface area contributed by atoms with Gasteiger partial charge in [0.25, 0.3) is 0 Å². The van der Waals surface area contributed by atoms with E-state index < -0.39 is 6.04 Å². The van der Waals surface area contributed by atoms with Crippen molar-refractivity contribution in [1.82, 2.24) is 10.2 Å². The Morgan fingerprint density at radius 2 is 1.59 bits per heavy atom. The molecule has 0 saturated carbocycles. The van der Waals surface area contributed by atoms with Gasteiger partial charge >= 0.3 is 0 Å². The van der Waals surface area contributed by atoms with E-state index in [0.717, 1.165) is 17.5 Å². The van der Waals surface area contributed by atoms with Crippen LogP contribution in [0.25, 0.3) is 0 Å². The molecule has 4 heteroatoms. The third kappa shape index (κ3) is 6.24. The van der Waals surface area contributed by atoms with Gasteiger partial charge in [0.05, 0.1) is 6.42 Å². The SMILES string of the molecule is CC[C@@H](C)NC(=O)[C@@H](C)N(Cc1ccc(C)cc1)C(=O)Cc1ccccc1. The molecule has 0 aliphatic carbocycles.